The van der Waals surface area contributed by atoms with Crippen molar-refractivity contribution in [1.82, 2.24) is 9.78 Å². The predicted octanol–water partition coefficient (Wildman–Crippen LogP) is 6.87. The minimum Gasteiger partial charge on any atom is -0.505 e. The number of hydrogen-bond acceptors (Lipinski definition) is 30. The predicted molar refractivity (Wildman–Crippen MR) is 293 cm³/mol. The number of fused-ring (bicyclic) bond motifs is 2. The van der Waals surface area contributed by atoms with Crippen LogP contribution in [0, 0.1) is 10.1 Å². The highest BCUT2D eigenvalue weighted by Crippen LogP contribution is 2.50. The van der Waals surface area contributed by atoms with Gasteiger partial charge in [0.25, 0.3) is 76.5 Å². The van der Waals surface area contributed by atoms with E-state index in [1.807, 2.05) is 0 Å². The first-order valence-corrected chi connectivity index (χ1v) is 32.5. The Kier molecular flexibility index (Phi) is 16.6. The maximum Gasteiger partial charge on any atom is 0.358 e. The molecule has 0 spiro atoms. The zero-order chi connectivity index (χ0) is 66.2. The number of carboxylic acid groups (broad SMARTS) is 1. The van der Waals surface area contributed by atoms with Gasteiger partial charge in [-0.3, -0.25) is 42.0 Å². The molecule has 8 aromatic rings. The number of nitro benzene ring substituents is 1. The quantitative estimate of drug-likeness (QED) is 0.0137. The largest absolute Gasteiger partial charge is 0.505 e. The van der Waals surface area contributed by atoms with Gasteiger partial charge in [0.1, 0.15) is 57.8 Å². The van der Waals surface area contributed by atoms with E-state index in [1.54, 1.807) is 0 Å². The number of carbonyl (C=O) groups is 1. The van der Waals surface area contributed by atoms with E-state index in [4.69, 9.17) is 5.73 Å². The highest BCUT2D eigenvalue weighted by molar-refractivity contribution is 7.87. The zero-order valence-corrected chi connectivity index (χ0v) is 48.1. The first kappa shape index (κ1) is 65.1. The van der Waals surface area contributed by atoms with Crippen LogP contribution in [0.2, 0.25) is 0 Å². The molecule has 8 rings (SSSR count). The van der Waals surface area contributed by atoms with Crippen molar-refractivity contribution in [2.75, 3.05) is 5.73 Å². The maximum absolute atomic E-state index is 12.9. The van der Waals surface area contributed by atoms with Gasteiger partial charge in [-0.1, -0.05) is 0 Å². The van der Waals surface area contributed by atoms with Crippen molar-refractivity contribution < 1.29 is 121 Å². The van der Waals surface area contributed by atoms with E-state index in [0.717, 1.165) is 30.3 Å². The third-order valence-electron chi connectivity index (χ3n) is 11.7. The molecule has 0 radical (unpaired) electrons. The Hall–Kier alpha value is -9.89. The Morgan fingerprint density at radius 3 is 1.43 bits per heavy atom. The molecule has 0 aliphatic rings. The molecule has 47 heteroatoms. The summed E-state index contributed by atoms with van der Waals surface area (Å²) in [5, 5.41) is 83.1. The second-order valence-electron chi connectivity index (χ2n) is 17.3. The lowest BCUT2D eigenvalue weighted by Gasteiger charge is -2.14. The standard InChI is InChI=1S/C42H28N12O28S7/c43-34-26(15-28(85(68,69)70)23-14-32(89(80,81)82)36(40(56)33(23)34)50-46-25-8-4-19(54(60)61)12-30(25)87(74,75)76)48-45-17-9-22-21(27(11-17)84(65,66)67)13-31(88(77,78)79)35(39(22)55)49-44-16-1-7-24(29(10-16)86(71,72)73)47-51-37-38(42(58)59)52-53(41(37)57)18-2-5-20(6-3-18)83(62,63)64/h1-15,55-57H,43H2,(H,58,59)(H,62,63,64)(H,65,66,67)(H,68,69,70)(H,71,72,73)(H,74,75,76)(H,77,78,79)(H,80,81,82). The van der Waals surface area contributed by atoms with Crippen LogP contribution in [0.5, 0.6) is 17.4 Å². The van der Waals surface area contributed by atoms with Crippen LogP contribution < -0.4 is 5.73 Å². The van der Waals surface area contributed by atoms with Gasteiger partial charge in [-0.05, 0) is 78.9 Å². The highest BCUT2D eigenvalue weighted by atomic mass is 32.2. The van der Waals surface area contributed by atoms with Gasteiger partial charge in [0.05, 0.1) is 38.0 Å². The molecule has 0 atom stereocenters. The molecule has 40 nitrogen and oxygen atoms in total. The Morgan fingerprint density at radius 1 is 0.461 bits per heavy atom. The average Bonchev–Trinajstić information content (AvgIpc) is 1.33. The second kappa shape index (κ2) is 22.7. The zero-order valence-electron chi connectivity index (χ0n) is 42.4. The topological polar surface area (TPSA) is 664 Å². The Morgan fingerprint density at radius 2 is 0.910 bits per heavy atom. The van der Waals surface area contributed by atoms with Gasteiger partial charge in [-0.15, -0.1) is 30.7 Å². The van der Waals surface area contributed by atoms with E-state index < -0.39 is 217 Å². The smallest absolute Gasteiger partial charge is 0.358 e. The number of aromatic hydroxyl groups is 3. The molecule has 0 saturated carbocycles. The lowest BCUT2D eigenvalue weighted by atomic mass is 10.0. The van der Waals surface area contributed by atoms with Crippen molar-refractivity contribution in [3.8, 4) is 23.1 Å². The van der Waals surface area contributed by atoms with Gasteiger partial charge in [0.2, 0.25) is 11.6 Å². The van der Waals surface area contributed by atoms with Crippen molar-refractivity contribution in [2.24, 2.45) is 40.9 Å². The minimum absolute atomic E-state index is 0.211. The van der Waals surface area contributed by atoms with Crippen LogP contribution in [0.15, 0.2) is 166 Å². The lowest BCUT2D eigenvalue weighted by molar-refractivity contribution is -0.385. The summed E-state index contributed by atoms with van der Waals surface area (Å²) in [7, 11) is -38.2. The van der Waals surface area contributed by atoms with Crippen LogP contribution in [0.1, 0.15) is 10.5 Å². The van der Waals surface area contributed by atoms with Gasteiger partial charge in [0.15, 0.2) is 17.2 Å². The van der Waals surface area contributed by atoms with E-state index in [1.165, 1.54) is 0 Å². The number of carboxylic acids is 1. The van der Waals surface area contributed by atoms with Gasteiger partial charge in [0, 0.05) is 28.3 Å². The van der Waals surface area contributed by atoms with Gasteiger partial charge >= 0.3 is 5.97 Å². The molecule has 0 saturated heterocycles. The van der Waals surface area contributed by atoms with E-state index in [0.29, 0.717) is 53.2 Å². The SMILES string of the molecule is Nc1c(N=Nc2cc(S(=O)(=O)O)c3cc(S(=O)(=O)O)c(N=Nc4ccc(N=Nc5c(C(=O)O)nn(-c6ccc(S(=O)(=O)O)cc6)c5O)c(S(=O)(=O)O)c4)c(O)c3c2)cc(S(=O)(=O)O)c2cc(S(=O)(=O)O)c(N=Nc3ccc([N+](=O)[O-])cc3S(=O)(=O)O)c(O)c12. The molecular formula is C42H28N12O28S7. The summed E-state index contributed by atoms with van der Waals surface area (Å²) in [5.41, 5.74) is -5.00. The molecule has 1 aromatic heterocycles. The number of nitrogens with two attached hydrogens (primary N) is 1. The van der Waals surface area contributed by atoms with E-state index >= 15 is 0 Å². The fourth-order valence-corrected chi connectivity index (χ4v) is 12.3. The summed E-state index contributed by atoms with van der Waals surface area (Å²) in [6.07, 6.45) is 0. The average molecular weight is 1370 g/mol. The summed E-state index contributed by atoms with van der Waals surface area (Å²) in [4.78, 5) is 13.3. The van der Waals surface area contributed by atoms with Crippen LogP contribution in [-0.2, 0) is 70.8 Å². The summed E-state index contributed by atoms with van der Waals surface area (Å²) >= 11 is 0. The van der Waals surface area contributed by atoms with Crippen molar-refractivity contribution >= 4 is 155 Å². The molecule has 0 amide bonds. The third-order valence-corrected chi connectivity index (χ3v) is 17.8. The summed E-state index contributed by atoms with van der Waals surface area (Å²) in [6.45, 7) is 0. The maximum atomic E-state index is 12.9. The lowest BCUT2D eigenvalue weighted by Crippen LogP contribution is -2.04. The van der Waals surface area contributed by atoms with Crippen LogP contribution in [-0.4, -0.2) is 132 Å². The van der Waals surface area contributed by atoms with Crippen LogP contribution in [0.4, 0.5) is 56.9 Å². The van der Waals surface area contributed by atoms with E-state index in [9.17, 15) is 126 Å². The number of aromatic carboxylic acids is 1. The van der Waals surface area contributed by atoms with Crippen molar-refractivity contribution in [3.05, 3.63) is 107 Å². The number of nitrogens with zero attached hydrogens (tertiary/aromatic N) is 11. The number of phenols is 2. The Balaban J connectivity index is 1.25. The number of azo groups is 4. The van der Waals surface area contributed by atoms with Crippen molar-refractivity contribution in [2.45, 2.75) is 34.3 Å². The number of benzene rings is 7. The van der Waals surface area contributed by atoms with Crippen LogP contribution in [0.25, 0.3) is 27.2 Å². The fourth-order valence-electron chi connectivity index (χ4n) is 7.83. The number of anilines is 1. The second-order valence-corrected chi connectivity index (χ2v) is 27.1. The minimum atomic E-state index is -5.70. The first-order chi connectivity index (χ1) is 40.9. The van der Waals surface area contributed by atoms with Crippen molar-refractivity contribution in [1.29, 1.82) is 0 Å². The van der Waals surface area contributed by atoms with Gasteiger partial charge in [-0.25, -0.2) is 4.79 Å². The first-order valence-electron chi connectivity index (χ1n) is 22.4. The summed E-state index contributed by atoms with van der Waals surface area (Å²) < 4.78 is 245. The van der Waals surface area contributed by atoms with Crippen LogP contribution >= 0.6 is 0 Å². The number of nitrogen functional groups attached to an aromatic ring is 1. The van der Waals surface area contributed by atoms with Crippen molar-refractivity contribution in [3.63, 3.8) is 0 Å². The monoisotopic (exact) mass is 1370 g/mol. The Labute approximate surface area is 494 Å². The summed E-state index contributed by atoms with van der Waals surface area (Å²) in [5.74, 6) is -5.99. The molecule has 1 heterocycles. The molecule has 7 aromatic carbocycles. The molecule has 466 valence electrons. The number of hydrogen-bond donors (Lipinski definition) is 12. The van der Waals surface area contributed by atoms with Gasteiger partial charge in [-0.2, -0.15) is 78.9 Å². The molecule has 0 unspecified atom stereocenters. The normalized spacial score (nSPS) is 13.2. The Bertz CT molecular complexity index is 5450. The molecule has 0 aliphatic heterocycles. The highest BCUT2D eigenvalue weighted by Gasteiger charge is 2.32. The molecule has 0 aliphatic carbocycles. The fraction of sp³-hybridized carbons (Fsp3) is 0. The summed E-state index contributed by atoms with van der Waals surface area (Å²) in [6, 6.07) is 9.03. The van der Waals surface area contributed by atoms with E-state index in [2.05, 4.69) is 46.0 Å². The number of nitro groups is 1. The number of aromatic nitrogens is 2. The number of rotatable bonds is 18. The molecule has 0 bridgehead atoms. The molecule has 89 heavy (non-hydrogen) atoms. The van der Waals surface area contributed by atoms with Crippen LogP contribution in [0.3, 0.4) is 0 Å². The van der Waals surface area contributed by atoms with E-state index in [-0.39, 0.29) is 17.8 Å². The third kappa shape index (κ3) is 13.3. The van der Waals surface area contributed by atoms with Gasteiger partial charge < -0.3 is 26.2 Å². The molecular weight excluding hydrogens is 1340 g/mol. The number of phenolic OH excluding ortho intramolecular Hbond substituents is 2. The molecule has 13 N–H and O–H groups in total. The molecule has 0 fully saturated rings. The number of non-ortho nitro benzene ring substituents is 1.